The van der Waals surface area contributed by atoms with Gasteiger partial charge in [0.1, 0.15) is 11.0 Å². The van der Waals surface area contributed by atoms with Gasteiger partial charge in [-0.05, 0) is 60.6 Å². The summed E-state index contributed by atoms with van der Waals surface area (Å²) in [5.74, 6) is 1.67. The Balaban J connectivity index is 1.33. The van der Waals surface area contributed by atoms with E-state index in [0.29, 0.717) is 11.1 Å². The first-order valence-electron chi connectivity index (χ1n) is 9.58. The number of H-pyrrole nitrogens is 1. The molecule has 3 aromatic rings. The number of carbonyl (C=O) groups is 1. The van der Waals surface area contributed by atoms with Gasteiger partial charge in [0.15, 0.2) is 11.5 Å². The van der Waals surface area contributed by atoms with Crippen LogP contribution in [-0.2, 0) is 6.42 Å². The maximum absolute atomic E-state index is 13.1. The van der Waals surface area contributed by atoms with E-state index in [1.165, 1.54) is 5.56 Å². The van der Waals surface area contributed by atoms with Gasteiger partial charge >= 0.3 is 0 Å². The van der Waals surface area contributed by atoms with Crippen molar-refractivity contribution in [3.8, 4) is 11.5 Å². The molecule has 1 aromatic heterocycles. The molecule has 0 spiro atoms. The molecule has 2 aromatic carbocycles. The maximum atomic E-state index is 13.1. The molecule has 1 fully saturated rings. The average Bonchev–Trinajstić information content (AvgIpc) is 3.35. The fraction of sp³-hybridized carbons (Fsp3) is 0.381. The number of amides is 1. The normalized spacial score (nSPS) is 21.2. The van der Waals surface area contributed by atoms with E-state index < -0.39 is 0 Å². The summed E-state index contributed by atoms with van der Waals surface area (Å²) < 4.78 is 10.9. The summed E-state index contributed by atoms with van der Waals surface area (Å²) in [5.41, 5.74) is 3.38. The Morgan fingerprint density at radius 2 is 2.00 bits per heavy atom. The topological polar surface area (TPSA) is 80.3 Å². The van der Waals surface area contributed by atoms with Crippen LogP contribution in [0, 0.1) is 5.41 Å². The Morgan fingerprint density at radius 3 is 2.93 bits per heavy atom. The minimum Gasteiger partial charge on any atom is -0.454 e. The van der Waals surface area contributed by atoms with Crippen molar-refractivity contribution in [2.75, 3.05) is 19.9 Å². The number of fused-ring (bicyclic) bond motifs is 2. The predicted molar refractivity (Wildman–Crippen MR) is 103 cm³/mol. The van der Waals surface area contributed by atoms with Crippen LogP contribution in [0.15, 0.2) is 36.4 Å². The summed E-state index contributed by atoms with van der Waals surface area (Å²) in [6.45, 7) is 4.07. The minimum absolute atomic E-state index is 0.0274. The Morgan fingerprint density at radius 1 is 1.14 bits per heavy atom. The van der Waals surface area contributed by atoms with Crippen LogP contribution in [-0.4, -0.2) is 46.1 Å². The van der Waals surface area contributed by atoms with Gasteiger partial charge in [0.2, 0.25) is 6.79 Å². The zero-order chi connectivity index (χ0) is 19.1. The zero-order valence-electron chi connectivity index (χ0n) is 15.8. The molecule has 0 bridgehead atoms. The first-order valence-corrected chi connectivity index (χ1v) is 9.58. The number of ether oxygens (including phenoxy) is 2. The second kappa shape index (κ2) is 6.51. The number of aromatic amines is 1. The van der Waals surface area contributed by atoms with Gasteiger partial charge in [0.05, 0.1) is 0 Å². The second-order valence-corrected chi connectivity index (χ2v) is 8.03. The third-order valence-corrected chi connectivity index (χ3v) is 5.70. The number of likely N-dealkylation sites (tertiary alicyclic amines) is 1. The highest BCUT2D eigenvalue weighted by Crippen LogP contribution is 2.38. The summed E-state index contributed by atoms with van der Waals surface area (Å²) in [4.78, 5) is 15.1. The minimum atomic E-state index is 0.0274. The Bertz CT molecular complexity index is 1050. The molecule has 144 valence electrons. The first-order chi connectivity index (χ1) is 13.6. The number of carbonyl (C=O) groups excluding carboxylic acids is 1. The molecule has 28 heavy (non-hydrogen) atoms. The fourth-order valence-electron chi connectivity index (χ4n) is 4.33. The predicted octanol–water partition coefficient (Wildman–Crippen LogP) is 3.17. The molecule has 1 saturated heterocycles. The summed E-state index contributed by atoms with van der Waals surface area (Å²) in [7, 11) is 0. The molecule has 1 N–H and O–H groups in total. The maximum Gasteiger partial charge on any atom is 0.253 e. The molecule has 1 amide bonds. The molecule has 0 radical (unpaired) electrons. The standard InChI is InChI=1S/C21H22N4O3/c1-21(11-14-3-6-18-19(9-14)28-13-27-18)7-2-8-25(12-21)20(26)15-4-5-16-17(10-15)23-24-22-16/h3-6,9-10H,2,7-8,11-13H2,1H3,(H,22,23,24)/t21-/m1/s1. The third kappa shape index (κ3) is 3.06. The van der Waals surface area contributed by atoms with E-state index in [1.54, 1.807) is 0 Å². The molecule has 7 heteroatoms. The van der Waals surface area contributed by atoms with Crippen molar-refractivity contribution in [1.82, 2.24) is 20.3 Å². The van der Waals surface area contributed by atoms with Crippen molar-refractivity contribution in [2.45, 2.75) is 26.2 Å². The van der Waals surface area contributed by atoms with Gasteiger partial charge in [-0.25, -0.2) is 0 Å². The quantitative estimate of drug-likeness (QED) is 0.757. The van der Waals surface area contributed by atoms with E-state index in [2.05, 4.69) is 34.5 Å². The number of benzene rings is 2. The summed E-state index contributed by atoms with van der Waals surface area (Å²) in [6.07, 6.45) is 2.99. The molecule has 0 saturated carbocycles. The van der Waals surface area contributed by atoms with E-state index in [9.17, 15) is 4.79 Å². The lowest BCUT2D eigenvalue weighted by molar-refractivity contribution is 0.0551. The molecule has 0 unspecified atom stereocenters. The van der Waals surface area contributed by atoms with Crippen LogP contribution in [0.1, 0.15) is 35.7 Å². The Kier molecular flexibility index (Phi) is 3.96. The van der Waals surface area contributed by atoms with E-state index in [0.717, 1.165) is 49.4 Å². The van der Waals surface area contributed by atoms with Crippen LogP contribution < -0.4 is 9.47 Å². The van der Waals surface area contributed by atoms with Crippen LogP contribution in [0.5, 0.6) is 11.5 Å². The highest BCUT2D eigenvalue weighted by molar-refractivity contribution is 5.97. The fourth-order valence-corrected chi connectivity index (χ4v) is 4.33. The van der Waals surface area contributed by atoms with Gasteiger partial charge in [0, 0.05) is 18.7 Å². The number of rotatable bonds is 3. The molecule has 0 aliphatic carbocycles. The lowest BCUT2D eigenvalue weighted by Crippen LogP contribution is -2.45. The van der Waals surface area contributed by atoms with Gasteiger partial charge < -0.3 is 14.4 Å². The van der Waals surface area contributed by atoms with E-state index in [1.807, 2.05) is 29.2 Å². The highest BCUT2D eigenvalue weighted by atomic mass is 16.7. The molecular formula is C21H22N4O3. The summed E-state index contributed by atoms with van der Waals surface area (Å²) in [5, 5.41) is 10.7. The largest absolute Gasteiger partial charge is 0.454 e. The number of piperidine rings is 1. The highest BCUT2D eigenvalue weighted by Gasteiger charge is 2.34. The Labute approximate surface area is 162 Å². The van der Waals surface area contributed by atoms with Crippen molar-refractivity contribution < 1.29 is 14.3 Å². The second-order valence-electron chi connectivity index (χ2n) is 8.03. The monoisotopic (exact) mass is 378 g/mol. The number of aromatic nitrogens is 3. The first kappa shape index (κ1) is 17.0. The number of nitrogens with zero attached hydrogens (tertiary/aromatic N) is 3. The molecule has 2 aliphatic heterocycles. The molecule has 3 heterocycles. The van der Waals surface area contributed by atoms with Gasteiger partial charge in [-0.2, -0.15) is 15.4 Å². The average molecular weight is 378 g/mol. The van der Waals surface area contributed by atoms with Crippen molar-refractivity contribution in [2.24, 2.45) is 5.41 Å². The number of nitrogens with one attached hydrogen (secondary N) is 1. The molecule has 2 aliphatic rings. The number of hydrogen-bond donors (Lipinski definition) is 1. The van der Waals surface area contributed by atoms with Crippen molar-refractivity contribution in [1.29, 1.82) is 0 Å². The zero-order valence-corrected chi connectivity index (χ0v) is 15.8. The van der Waals surface area contributed by atoms with Gasteiger partial charge in [-0.15, -0.1) is 0 Å². The van der Waals surface area contributed by atoms with Crippen LogP contribution in [0.4, 0.5) is 0 Å². The van der Waals surface area contributed by atoms with E-state index >= 15 is 0 Å². The third-order valence-electron chi connectivity index (χ3n) is 5.70. The van der Waals surface area contributed by atoms with Crippen LogP contribution >= 0.6 is 0 Å². The van der Waals surface area contributed by atoms with Crippen LogP contribution in [0.25, 0.3) is 11.0 Å². The van der Waals surface area contributed by atoms with Crippen LogP contribution in [0.2, 0.25) is 0 Å². The van der Waals surface area contributed by atoms with Crippen molar-refractivity contribution >= 4 is 16.9 Å². The SMILES string of the molecule is C[C@]1(Cc2ccc3c(c2)OCO3)CCCN(C(=O)c2ccc3n[nH]nc3c2)C1. The Hall–Kier alpha value is -3.09. The summed E-state index contributed by atoms with van der Waals surface area (Å²) in [6, 6.07) is 11.6. The molecule has 5 rings (SSSR count). The van der Waals surface area contributed by atoms with Gasteiger partial charge in [-0.1, -0.05) is 13.0 Å². The lowest BCUT2D eigenvalue weighted by atomic mass is 9.76. The number of hydrogen-bond acceptors (Lipinski definition) is 5. The van der Waals surface area contributed by atoms with E-state index in [-0.39, 0.29) is 18.1 Å². The van der Waals surface area contributed by atoms with Crippen LogP contribution in [0.3, 0.4) is 0 Å². The van der Waals surface area contributed by atoms with Gasteiger partial charge in [0.25, 0.3) is 5.91 Å². The van der Waals surface area contributed by atoms with Crippen molar-refractivity contribution in [3.63, 3.8) is 0 Å². The van der Waals surface area contributed by atoms with E-state index in [4.69, 9.17) is 9.47 Å². The van der Waals surface area contributed by atoms with Gasteiger partial charge in [-0.3, -0.25) is 4.79 Å². The molecule has 7 nitrogen and oxygen atoms in total. The van der Waals surface area contributed by atoms with Crippen molar-refractivity contribution in [3.05, 3.63) is 47.5 Å². The lowest BCUT2D eigenvalue weighted by Gasteiger charge is -2.40. The smallest absolute Gasteiger partial charge is 0.253 e. The molecule has 1 atom stereocenters. The molecular weight excluding hydrogens is 356 g/mol. The summed E-state index contributed by atoms with van der Waals surface area (Å²) >= 11 is 0.